The van der Waals surface area contributed by atoms with E-state index < -0.39 is 0 Å². The molecule has 0 spiro atoms. The third-order valence-corrected chi connectivity index (χ3v) is 1.30. The molecule has 5 nitrogen and oxygen atoms in total. The Morgan fingerprint density at radius 2 is 1.73 bits per heavy atom. The number of hydrogen-bond acceptors (Lipinski definition) is 4. The summed E-state index contributed by atoms with van der Waals surface area (Å²) in [5, 5.41) is 14.0. The van der Waals surface area contributed by atoms with Crippen molar-refractivity contribution in [3.63, 3.8) is 0 Å². The minimum absolute atomic E-state index is 0. The van der Waals surface area contributed by atoms with E-state index >= 15 is 0 Å². The summed E-state index contributed by atoms with van der Waals surface area (Å²) in [5.74, 6) is 0. The summed E-state index contributed by atoms with van der Waals surface area (Å²) >= 11 is 0. The van der Waals surface area contributed by atoms with Gasteiger partial charge in [-0.15, -0.1) is 4.91 Å². The first-order valence-electron chi connectivity index (χ1n) is 2.94. The Balaban J connectivity index is 0. The summed E-state index contributed by atoms with van der Waals surface area (Å²) in [6.07, 6.45) is 0. The Bertz CT molecular complexity index is 125. The van der Waals surface area contributed by atoms with Crippen LogP contribution in [0.15, 0.2) is 5.29 Å². The zero-order valence-corrected chi connectivity index (χ0v) is 9.66. The monoisotopic (exact) mass is 169 g/mol. The van der Waals surface area contributed by atoms with E-state index in [0.717, 1.165) is 0 Å². The van der Waals surface area contributed by atoms with Gasteiger partial charge in [-0.05, 0) is 20.8 Å². The fourth-order valence-corrected chi connectivity index (χ4v) is 0.311. The van der Waals surface area contributed by atoms with Gasteiger partial charge in [-0.25, -0.2) is 5.01 Å². The van der Waals surface area contributed by atoms with Crippen LogP contribution in [-0.4, -0.2) is 22.9 Å². The molecule has 0 heterocycles. The summed E-state index contributed by atoms with van der Waals surface area (Å²) in [6.45, 7) is 5.43. The Morgan fingerprint density at radius 1 is 1.36 bits per heavy atom. The minimum Gasteiger partial charge on any atom is -0.724 e. The van der Waals surface area contributed by atoms with Gasteiger partial charge < -0.3 is 5.21 Å². The van der Waals surface area contributed by atoms with Gasteiger partial charge in [0.15, 0.2) is 0 Å². The van der Waals surface area contributed by atoms with Crippen molar-refractivity contribution in [3.8, 4) is 0 Å². The average Bonchev–Trinajstić information content (AvgIpc) is 1.83. The van der Waals surface area contributed by atoms with Crippen LogP contribution in [0.5, 0.6) is 0 Å². The van der Waals surface area contributed by atoms with Crippen LogP contribution in [0.4, 0.5) is 0 Å². The van der Waals surface area contributed by atoms with Crippen molar-refractivity contribution in [2.24, 2.45) is 5.29 Å². The molecule has 0 rings (SSSR count). The van der Waals surface area contributed by atoms with E-state index in [1.54, 1.807) is 0 Å². The number of rotatable bonds is 2. The van der Waals surface area contributed by atoms with Crippen molar-refractivity contribution >= 4 is 0 Å². The number of hydrogen-bond donors (Lipinski definition) is 0. The van der Waals surface area contributed by atoms with Crippen molar-refractivity contribution in [1.82, 2.24) is 10.3 Å². The summed E-state index contributed by atoms with van der Waals surface area (Å²) in [7, 11) is 1.51. The second-order valence-electron chi connectivity index (χ2n) is 3.03. The predicted octanol–water partition coefficient (Wildman–Crippen LogP) is -1.88. The van der Waals surface area contributed by atoms with E-state index in [-0.39, 0.29) is 40.4 Å². The van der Waals surface area contributed by atoms with Gasteiger partial charge in [0, 0.05) is 12.6 Å². The van der Waals surface area contributed by atoms with E-state index in [2.05, 4.69) is 5.29 Å². The van der Waals surface area contributed by atoms with Crippen LogP contribution in [0.25, 0.3) is 0 Å². The molecule has 0 aliphatic carbocycles. The van der Waals surface area contributed by atoms with Gasteiger partial charge in [0.05, 0.1) is 5.29 Å². The summed E-state index contributed by atoms with van der Waals surface area (Å²) in [6, 6.07) is 0. The summed E-state index contributed by atoms with van der Waals surface area (Å²) < 4.78 is 0. The van der Waals surface area contributed by atoms with Gasteiger partial charge >= 0.3 is 29.6 Å². The molecule has 0 fully saturated rings. The first-order chi connectivity index (χ1) is 4.39. The predicted molar refractivity (Wildman–Crippen MR) is 38.5 cm³/mol. The Hall–Kier alpha value is 0.320. The Morgan fingerprint density at radius 3 is 1.82 bits per heavy atom. The normalized spacial score (nSPS) is 10.7. The van der Waals surface area contributed by atoms with Crippen molar-refractivity contribution in [2.75, 3.05) is 7.05 Å². The molecule has 60 valence electrons. The van der Waals surface area contributed by atoms with Crippen LogP contribution in [-0.2, 0) is 0 Å². The quantitative estimate of drug-likeness (QED) is 0.276. The SMILES string of the molecule is CN(N([O-])N=O)C(C)(C)C.[Na+]. The smallest absolute Gasteiger partial charge is 0.724 e. The van der Waals surface area contributed by atoms with E-state index in [1.165, 1.54) is 12.1 Å². The zero-order valence-electron chi connectivity index (χ0n) is 7.66. The van der Waals surface area contributed by atoms with E-state index in [9.17, 15) is 10.1 Å². The second-order valence-corrected chi connectivity index (χ2v) is 3.03. The average molecular weight is 169 g/mol. The van der Waals surface area contributed by atoms with Gasteiger partial charge in [-0.2, -0.15) is 0 Å². The fourth-order valence-electron chi connectivity index (χ4n) is 0.311. The molecule has 0 aliphatic rings. The van der Waals surface area contributed by atoms with Crippen LogP contribution in [0, 0.1) is 10.1 Å². The molecule has 0 aromatic carbocycles. The topological polar surface area (TPSA) is 59.0 Å². The summed E-state index contributed by atoms with van der Waals surface area (Å²) in [5.41, 5.74) is -0.365. The first-order valence-corrected chi connectivity index (χ1v) is 2.94. The third-order valence-electron chi connectivity index (χ3n) is 1.30. The van der Waals surface area contributed by atoms with Gasteiger partial charge in [-0.3, -0.25) is 5.28 Å². The molecule has 0 aliphatic heterocycles. The van der Waals surface area contributed by atoms with Crippen molar-refractivity contribution in [3.05, 3.63) is 10.1 Å². The first kappa shape index (κ1) is 13.9. The van der Waals surface area contributed by atoms with Gasteiger partial charge in [0.25, 0.3) is 0 Å². The van der Waals surface area contributed by atoms with Gasteiger partial charge in [0.2, 0.25) is 0 Å². The largest absolute Gasteiger partial charge is 1.00 e. The van der Waals surface area contributed by atoms with Crippen LogP contribution < -0.4 is 29.6 Å². The van der Waals surface area contributed by atoms with Crippen molar-refractivity contribution in [1.29, 1.82) is 0 Å². The fraction of sp³-hybridized carbons (Fsp3) is 1.00. The van der Waals surface area contributed by atoms with E-state index in [1.807, 2.05) is 20.8 Å². The van der Waals surface area contributed by atoms with Crippen molar-refractivity contribution < 1.29 is 29.6 Å². The Kier molecular flexibility index (Phi) is 6.38. The molecule has 0 radical (unpaired) electrons. The molecule has 0 unspecified atom stereocenters. The maximum atomic E-state index is 10.5. The van der Waals surface area contributed by atoms with Crippen molar-refractivity contribution in [2.45, 2.75) is 26.3 Å². The molecule has 0 N–H and O–H groups in total. The molecule has 0 atom stereocenters. The van der Waals surface area contributed by atoms with Crippen LogP contribution in [0.2, 0.25) is 0 Å². The molecule has 6 heteroatoms. The standard InChI is InChI=1S/C5H12N3O2.Na/c1-5(2,3)7(4)8(10)6-9;/h1-4H3;/q-1;+1. The molecule has 0 saturated heterocycles. The second kappa shape index (κ2) is 5.05. The molecule has 11 heavy (non-hydrogen) atoms. The molecule has 0 aromatic rings. The molecular weight excluding hydrogens is 157 g/mol. The Labute approximate surface area is 88.5 Å². The maximum absolute atomic E-state index is 10.5. The molecule has 0 bridgehead atoms. The summed E-state index contributed by atoms with van der Waals surface area (Å²) in [4.78, 5) is 9.71. The van der Waals surface area contributed by atoms with E-state index in [0.29, 0.717) is 0 Å². The number of nitroso groups, excluding NO2 is 1. The minimum atomic E-state index is -0.365. The molecule has 0 aromatic heterocycles. The van der Waals surface area contributed by atoms with Gasteiger partial charge in [0.1, 0.15) is 0 Å². The molecule has 0 saturated carbocycles. The van der Waals surface area contributed by atoms with E-state index in [4.69, 9.17) is 0 Å². The molecule has 0 amide bonds. The van der Waals surface area contributed by atoms with Crippen LogP contribution in [0.3, 0.4) is 0 Å². The maximum Gasteiger partial charge on any atom is 1.00 e. The zero-order chi connectivity index (χ0) is 8.36. The molecular formula is C5H12N3NaO2. The number of hydrazine groups is 1. The van der Waals surface area contributed by atoms with Gasteiger partial charge in [-0.1, -0.05) is 0 Å². The number of nitrogens with zero attached hydrogens (tertiary/aromatic N) is 3. The van der Waals surface area contributed by atoms with Crippen LogP contribution >= 0.6 is 0 Å². The van der Waals surface area contributed by atoms with Crippen LogP contribution in [0.1, 0.15) is 20.8 Å². The third kappa shape index (κ3) is 4.71.